The molecule has 0 fully saturated rings. The fourth-order valence-electron chi connectivity index (χ4n) is 3.23. The Hall–Kier alpha value is -3.12. The number of nitrogens with one attached hydrogen (secondary N) is 1. The summed E-state index contributed by atoms with van der Waals surface area (Å²) in [6, 6.07) is 14.7. The third-order valence-electron chi connectivity index (χ3n) is 4.60. The van der Waals surface area contributed by atoms with Crippen molar-refractivity contribution in [3.63, 3.8) is 0 Å². The van der Waals surface area contributed by atoms with Gasteiger partial charge in [0.2, 0.25) is 0 Å². The van der Waals surface area contributed by atoms with Gasteiger partial charge in [-0.05, 0) is 37.3 Å². The van der Waals surface area contributed by atoms with Crippen LogP contribution in [0.15, 0.2) is 60.9 Å². The molecule has 1 N–H and O–H groups in total. The summed E-state index contributed by atoms with van der Waals surface area (Å²) in [6.07, 6.45) is 3.19. The van der Waals surface area contributed by atoms with Gasteiger partial charge < -0.3 is 14.8 Å². The van der Waals surface area contributed by atoms with E-state index in [0.29, 0.717) is 35.3 Å². The van der Waals surface area contributed by atoms with E-state index in [2.05, 4.69) is 15.3 Å². The standard InChI is InChI=1S/C22H20ClN3O3/c1-14(28-17-6-3-2-4-7-17)22(27)26-13-18-11-15-10-16(23)12-19(20(15)29-18)21-24-8-5-9-25-21/h2-10,12,14,18H,11,13H2,1H3,(H,26,27)/t14-,18-/m1/s1. The van der Waals surface area contributed by atoms with Crippen molar-refractivity contribution in [3.8, 4) is 22.9 Å². The van der Waals surface area contributed by atoms with Crippen molar-refractivity contribution in [2.45, 2.75) is 25.6 Å². The fraction of sp³-hybridized carbons (Fsp3) is 0.227. The van der Waals surface area contributed by atoms with Crippen molar-refractivity contribution in [2.24, 2.45) is 0 Å². The zero-order valence-corrected chi connectivity index (χ0v) is 16.6. The van der Waals surface area contributed by atoms with Crippen LogP contribution in [0.25, 0.3) is 11.4 Å². The molecule has 1 aliphatic rings. The van der Waals surface area contributed by atoms with Gasteiger partial charge >= 0.3 is 0 Å². The number of aromatic nitrogens is 2. The van der Waals surface area contributed by atoms with E-state index in [1.54, 1.807) is 31.5 Å². The van der Waals surface area contributed by atoms with Crippen LogP contribution in [-0.4, -0.2) is 34.6 Å². The molecule has 0 radical (unpaired) electrons. The molecule has 3 aromatic rings. The van der Waals surface area contributed by atoms with Crippen LogP contribution in [0, 0.1) is 0 Å². The van der Waals surface area contributed by atoms with Crippen molar-refractivity contribution in [2.75, 3.05) is 6.54 Å². The normalized spacial score (nSPS) is 15.9. The van der Waals surface area contributed by atoms with Crippen LogP contribution in [0.1, 0.15) is 12.5 Å². The number of nitrogens with zero attached hydrogens (tertiary/aromatic N) is 2. The molecule has 0 aliphatic carbocycles. The fourth-order valence-corrected chi connectivity index (χ4v) is 3.47. The number of hydrogen-bond acceptors (Lipinski definition) is 5. The topological polar surface area (TPSA) is 73.3 Å². The quantitative estimate of drug-likeness (QED) is 0.672. The Balaban J connectivity index is 1.39. The molecule has 7 heteroatoms. The van der Waals surface area contributed by atoms with E-state index in [-0.39, 0.29) is 12.0 Å². The molecule has 1 aromatic heterocycles. The zero-order valence-electron chi connectivity index (χ0n) is 15.8. The number of para-hydroxylation sites is 1. The van der Waals surface area contributed by atoms with E-state index < -0.39 is 6.10 Å². The average Bonchev–Trinajstić information content (AvgIpc) is 3.15. The van der Waals surface area contributed by atoms with Gasteiger partial charge in [-0.2, -0.15) is 0 Å². The predicted octanol–water partition coefficient (Wildman–Crippen LogP) is 3.68. The van der Waals surface area contributed by atoms with Gasteiger partial charge in [-0.25, -0.2) is 9.97 Å². The van der Waals surface area contributed by atoms with Crippen molar-refractivity contribution >= 4 is 17.5 Å². The molecule has 1 aliphatic heterocycles. The molecule has 4 rings (SSSR count). The maximum absolute atomic E-state index is 12.4. The van der Waals surface area contributed by atoms with Crippen molar-refractivity contribution in [3.05, 3.63) is 71.5 Å². The van der Waals surface area contributed by atoms with E-state index in [9.17, 15) is 4.79 Å². The van der Waals surface area contributed by atoms with Gasteiger partial charge in [-0.3, -0.25) is 4.79 Å². The first kappa shape index (κ1) is 19.2. The third-order valence-corrected chi connectivity index (χ3v) is 4.82. The molecule has 2 heterocycles. The Morgan fingerprint density at radius 3 is 2.76 bits per heavy atom. The van der Waals surface area contributed by atoms with E-state index in [1.807, 2.05) is 36.4 Å². The summed E-state index contributed by atoms with van der Waals surface area (Å²) in [7, 11) is 0. The minimum Gasteiger partial charge on any atom is -0.487 e. The van der Waals surface area contributed by atoms with E-state index in [1.165, 1.54) is 0 Å². The first-order valence-electron chi connectivity index (χ1n) is 9.36. The number of ether oxygens (including phenoxy) is 2. The molecule has 0 bridgehead atoms. The highest BCUT2D eigenvalue weighted by molar-refractivity contribution is 6.31. The summed E-state index contributed by atoms with van der Waals surface area (Å²) in [6.45, 7) is 2.08. The highest BCUT2D eigenvalue weighted by atomic mass is 35.5. The average molecular weight is 410 g/mol. The van der Waals surface area contributed by atoms with Crippen LogP contribution in [0.4, 0.5) is 0 Å². The summed E-state index contributed by atoms with van der Waals surface area (Å²) in [4.78, 5) is 21.0. The summed E-state index contributed by atoms with van der Waals surface area (Å²) in [5, 5.41) is 3.50. The number of halogens is 1. The summed E-state index contributed by atoms with van der Waals surface area (Å²) < 4.78 is 11.8. The van der Waals surface area contributed by atoms with Gasteiger partial charge in [0, 0.05) is 29.4 Å². The molecular weight excluding hydrogens is 390 g/mol. The Labute approximate surface area is 173 Å². The van der Waals surface area contributed by atoms with Crippen molar-refractivity contribution < 1.29 is 14.3 Å². The van der Waals surface area contributed by atoms with Crippen LogP contribution >= 0.6 is 11.6 Å². The first-order valence-corrected chi connectivity index (χ1v) is 9.74. The van der Waals surface area contributed by atoms with Crippen LogP contribution in [0.3, 0.4) is 0 Å². The van der Waals surface area contributed by atoms with Gasteiger partial charge in [0.25, 0.3) is 5.91 Å². The predicted molar refractivity (Wildman–Crippen MR) is 110 cm³/mol. The largest absolute Gasteiger partial charge is 0.487 e. The smallest absolute Gasteiger partial charge is 0.260 e. The highest BCUT2D eigenvalue weighted by Gasteiger charge is 2.28. The molecule has 29 heavy (non-hydrogen) atoms. The lowest BCUT2D eigenvalue weighted by Crippen LogP contribution is -2.41. The Kier molecular flexibility index (Phi) is 5.62. The Bertz CT molecular complexity index is 999. The monoisotopic (exact) mass is 409 g/mol. The van der Waals surface area contributed by atoms with E-state index in [0.717, 1.165) is 11.1 Å². The second-order valence-electron chi connectivity index (χ2n) is 6.78. The molecule has 2 atom stereocenters. The second-order valence-corrected chi connectivity index (χ2v) is 7.21. The number of carbonyl (C=O) groups excluding carboxylic acids is 1. The van der Waals surface area contributed by atoms with E-state index in [4.69, 9.17) is 21.1 Å². The van der Waals surface area contributed by atoms with Gasteiger partial charge in [0.1, 0.15) is 17.6 Å². The molecule has 0 saturated heterocycles. The molecule has 6 nitrogen and oxygen atoms in total. The number of amides is 1. The van der Waals surface area contributed by atoms with Crippen molar-refractivity contribution in [1.29, 1.82) is 0 Å². The summed E-state index contributed by atoms with van der Waals surface area (Å²) in [5.41, 5.74) is 1.73. The molecule has 1 amide bonds. The molecule has 0 saturated carbocycles. The van der Waals surface area contributed by atoms with Crippen LogP contribution in [-0.2, 0) is 11.2 Å². The van der Waals surface area contributed by atoms with Crippen molar-refractivity contribution in [1.82, 2.24) is 15.3 Å². The van der Waals surface area contributed by atoms with Crippen LogP contribution in [0.2, 0.25) is 5.02 Å². The van der Waals surface area contributed by atoms with Gasteiger partial charge in [0.05, 0.1) is 12.1 Å². The maximum atomic E-state index is 12.4. The lowest BCUT2D eigenvalue weighted by Gasteiger charge is -2.17. The van der Waals surface area contributed by atoms with Crippen LogP contribution < -0.4 is 14.8 Å². The minimum absolute atomic E-state index is 0.196. The number of hydrogen-bond donors (Lipinski definition) is 1. The summed E-state index contributed by atoms with van der Waals surface area (Å²) in [5.74, 6) is 1.73. The van der Waals surface area contributed by atoms with E-state index >= 15 is 0 Å². The Morgan fingerprint density at radius 1 is 1.24 bits per heavy atom. The number of benzene rings is 2. The Morgan fingerprint density at radius 2 is 2.00 bits per heavy atom. The van der Waals surface area contributed by atoms with Gasteiger partial charge in [0.15, 0.2) is 11.9 Å². The SMILES string of the molecule is C[C@@H](Oc1ccccc1)C(=O)NC[C@H]1Cc2cc(Cl)cc(-c3ncccn3)c2O1. The van der Waals surface area contributed by atoms with Crippen LogP contribution in [0.5, 0.6) is 11.5 Å². The molecule has 2 aromatic carbocycles. The zero-order chi connectivity index (χ0) is 20.2. The minimum atomic E-state index is -0.607. The molecular formula is C22H20ClN3O3. The first-order chi connectivity index (χ1) is 14.1. The van der Waals surface area contributed by atoms with Gasteiger partial charge in [-0.1, -0.05) is 29.8 Å². The maximum Gasteiger partial charge on any atom is 0.260 e. The van der Waals surface area contributed by atoms with Gasteiger partial charge in [-0.15, -0.1) is 0 Å². The molecule has 148 valence electrons. The number of carbonyl (C=O) groups is 1. The second kappa shape index (κ2) is 8.49. The molecule has 0 spiro atoms. The lowest BCUT2D eigenvalue weighted by atomic mass is 10.1. The lowest BCUT2D eigenvalue weighted by molar-refractivity contribution is -0.127. The molecule has 0 unspecified atom stereocenters. The third kappa shape index (κ3) is 4.49. The highest BCUT2D eigenvalue weighted by Crippen LogP contribution is 2.39. The number of rotatable bonds is 6. The summed E-state index contributed by atoms with van der Waals surface area (Å²) >= 11 is 6.27. The number of fused-ring (bicyclic) bond motifs is 1.